The molecule has 0 radical (unpaired) electrons. The van der Waals surface area contributed by atoms with Crippen LogP contribution in [0.5, 0.6) is 0 Å². The number of aromatic nitrogens is 1. The van der Waals surface area contributed by atoms with Crippen LogP contribution in [0.4, 0.5) is 18.9 Å². The first kappa shape index (κ1) is 23.7. The van der Waals surface area contributed by atoms with Gasteiger partial charge in [0.25, 0.3) is 0 Å². The van der Waals surface area contributed by atoms with Crippen molar-refractivity contribution in [3.8, 4) is 0 Å². The summed E-state index contributed by atoms with van der Waals surface area (Å²) in [6.07, 6.45) is -2.22. The van der Waals surface area contributed by atoms with Crippen LogP contribution in [-0.4, -0.2) is 23.0 Å². The second-order valence-corrected chi connectivity index (χ2v) is 5.94. The van der Waals surface area contributed by atoms with Crippen molar-refractivity contribution in [2.75, 3.05) is 18.8 Å². The van der Waals surface area contributed by atoms with Crippen LogP contribution in [0, 0.1) is 11.8 Å². The van der Waals surface area contributed by atoms with Crippen LogP contribution in [0.25, 0.3) is 0 Å². The van der Waals surface area contributed by atoms with Crippen molar-refractivity contribution in [1.29, 1.82) is 0 Å². The number of pyridine rings is 1. The summed E-state index contributed by atoms with van der Waals surface area (Å²) in [5, 5.41) is 0. The first-order valence-electron chi connectivity index (χ1n) is 9.35. The minimum Gasteiger partial charge on any atom is -0.399 e. The number of nitrogens with two attached hydrogens (primary N) is 1. The van der Waals surface area contributed by atoms with Gasteiger partial charge >= 0.3 is 6.18 Å². The number of nitrogens with zero attached hydrogens (tertiary/aromatic N) is 2. The number of hydrogen-bond acceptors (Lipinski definition) is 3. The van der Waals surface area contributed by atoms with Gasteiger partial charge in [0.1, 0.15) is 5.69 Å². The van der Waals surface area contributed by atoms with E-state index in [1.165, 1.54) is 6.07 Å². The summed E-state index contributed by atoms with van der Waals surface area (Å²) < 4.78 is 38.2. The maximum atomic E-state index is 12.7. The van der Waals surface area contributed by atoms with Crippen LogP contribution in [0.1, 0.15) is 65.8 Å². The largest absolute Gasteiger partial charge is 0.433 e. The summed E-state index contributed by atoms with van der Waals surface area (Å²) in [5.41, 5.74) is 5.17. The van der Waals surface area contributed by atoms with Gasteiger partial charge in [-0.15, -0.1) is 0 Å². The van der Waals surface area contributed by atoms with Crippen LogP contribution >= 0.6 is 0 Å². The first-order chi connectivity index (χ1) is 11.8. The highest BCUT2D eigenvalue weighted by Gasteiger charge is 2.33. The minimum atomic E-state index is -4.45. The molecule has 0 saturated carbocycles. The lowest BCUT2D eigenvalue weighted by molar-refractivity contribution is -0.141. The molecule has 1 aromatic rings. The van der Waals surface area contributed by atoms with Crippen LogP contribution in [-0.2, 0) is 12.7 Å². The lowest BCUT2D eigenvalue weighted by Crippen LogP contribution is -2.23. The fraction of sp³-hybridized carbons (Fsp3) is 0.737. The summed E-state index contributed by atoms with van der Waals surface area (Å²) in [4.78, 5) is 5.88. The van der Waals surface area contributed by atoms with E-state index < -0.39 is 11.9 Å². The summed E-state index contributed by atoms with van der Waals surface area (Å²) >= 11 is 0. The van der Waals surface area contributed by atoms with Gasteiger partial charge in [-0.2, -0.15) is 13.2 Å². The number of halogens is 3. The van der Waals surface area contributed by atoms with Gasteiger partial charge in [0.2, 0.25) is 0 Å². The maximum absolute atomic E-state index is 12.7. The highest BCUT2D eigenvalue weighted by Crippen LogP contribution is 2.30. The molecule has 0 aromatic carbocycles. The van der Waals surface area contributed by atoms with Gasteiger partial charge in [0.15, 0.2) is 0 Å². The average Bonchev–Trinajstić information content (AvgIpc) is 3.05. The van der Waals surface area contributed by atoms with E-state index in [4.69, 9.17) is 5.73 Å². The molecule has 0 aliphatic carbocycles. The van der Waals surface area contributed by atoms with Crippen molar-refractivity contribution >= 4 is 5.69 Å². The number of anilines is 1. The second-order valence-electron chi connectivity index (χ2n) is 5.94. The molecule has 0 bridgehead atoms. The molecule has 2 heterocycles. The Morgan fingerprint density at radius 3 is 2.36 bits per heavy atom. The van der Waals surface area contributed by atoms with Crippen molar-refractivity contribution in [2.24, 2.45) is 11.8 Å². The number of alkyl halides is 3. The van der Waals surface area contributed by atoms with E-state index in [0.717, 1.165) is 32.0 Å². The molecule has 2 unspecified atom stereocenters. The Hall–Kier alpha value is -1.30. The van der Waals surface area contributed by atoms with Crippen molar-refractivity contribution in [2.45, 2.75) is 67.1 Å². The van der Waals surface area contributed by atoms with Gasteiger partial charge in [-0.3, -0.25) is 4.90 Å². The van der Waals surface area contributed by atoms with Gasteiger partial charge in [-0.05, 0) is 36.9 Å². The molecule has 2 N–H and O–H groups in total. The lowest BCUT2D eigenvalue weighted by Gasteiger charge is -2.19. The topological polar surface area (TPSA) is 42.1 Å². The Kier molecular flexibility index (Phi) is 10.8. The van der Waals surface area contributed by atoms with E-state index in [1.807, 2.05) is 27.7 Å². The zero-order valence-corrected chi connectivity index (χ0v) is 16.5. The van der Waals surface area contributed by atoms with Crippen molar-refractivity contribution < 1.29 is 13.2 Å². The maximum Gasteiger partial charge on any atom is 0.433 e. The molecule has 146 valence electrons. The molecular weight excluding hydrogens is 327 g/mol. The molecule has 2 rings (SSSR count). The second kappa shape index (κ2) is 11.3. The standard InChI is InChI=1S/C15H22F3N3.2C2H6/c1-3-10(2)11-4-5-21(8-11)9-13-6-12(19)7-14(20-13)15(16,17)18;2*1-2/h6-7,10-11H,3-5,8-9H2,1-2H3,(H2,19,20);2*1-2H3. The monoisotopic (exact) mass is 361 g/mol. The number of hydrogen-bond donors (Lipinski definition) is 1. The summed E-state index contributed by atoms with van der Waals surface area (Å²) in [6.45, 7) is 14.7. The van der Waals surface area contributed by atoms with Gasteiger partial charge in [-0.25, -0.2) is 4.98 Å². The lowest BCUT2D eigenvalue weighted by atomic mass is 9.91. The number of nitrogen functional groups attached to an aromatic ring is 1. The van der Waals surface area contributed by atoms with E-state index in [0.29, 0.717) is 24.1 Å². The highest BCUT2D eigenvalue weighted by molar-refractivity contribution is 5.41. The summed E-state index contributed by atoms with van der Waals surface area (Å²) in [7, 11) is 0. The molecule has 3 nitrogen and oxygen atoms in total. The van der Waals surface area contributed by atoms with Crippen LogP contribution < -0.4 is 5.73 Å². The molecule has 0 amide bonds. The Balaban J connectivity index is 0.00000134. The third-order valence-corrected chi connectivity index (χ3v) is 4.33. The molecule has 1 aromatic heterocycles. The molecule has 2 atom stereocenters. The van der Waals surface area contributed by atoms with Gasteiger partial charge < -0.3 is 5.73 Å². The predicted octanol–water partition coefficient (Wildman–Crippen LogP) is 5.60. The summed E-state index contributed by atoms with van der Waals surface area (Å²) in [6, 6.07) is 2.42. The zero-order valence-electron chi connectivity index (χ0n) is 16.5. The van der Waals surface area contributed by atoms with Gasteiger partial charge in [-0.1, -0.05) is 48.0 Å². The quantitative estimate of drug-likeness (QED) is 0.758. The number of rotatable bonds is 4. The van der Waals surface area contributed by atoms with Crippen LogP contribution in [0.3, 0.4) is 0 Å². The predicted molar refractivity (Wildman–Crippen MR) is 99.2 cm³/mol. The van der Waals surface area contributed by atoms with Gasteiger partial charge in [0, 0.05) is 18.8 Å². The van der Waals surface area contributed by atoms with Crippen molar-refractivity contribution in [1.82, 2.24) is 9.88 Å². The Bertz CT molecular complexity index is 489. The van der Waals surface area contributed by atoms with E-state index in [1.54, 1.807) is 0 Å². The fourth-order valence-electron chi connectivity index (χ4n) is 2.87. The molecule has 1 saturated heterocycles. The van der Waals surface area contributed by atoms with Gasteiger partial charge in [0.05, 0.1) is 5.69 Å². The van der Waals surface area contributed by atoms with Crippen molar-refractivity contribution in [3.05, 3.63) is 23.5 Å². The minimum absolute atomic E-state index is 0.116. The summed E-state index contributed by atoms with van der Waals surface area (Å²) in [5.74, 6) is 1.27. The Morgan fingerprint density at radius 1 is 1.24 bits per heavy atom. The number of likely N-dealkylation sites (tertiary alicyclic amines) is 1. The molecule has 1 aliphatic heterocycles. The third kappa shape index (κ3) is 7.63. The molecular formula is C19H34F3N3. The molecule has 0 spiro atoms. The normalized spacial score (nSPS) is 18.7. The highest BCUT2D eigenvalue weighted by atomic mass is 19.4. The molecule has 1 fully saturated rings. The smallest absolute Gasteiger partial charge is 0.399 e. The fourth-order valence-corrected chi connectivity index (χ4v) is 2.87. The first-order valence-corrected chi connectivity index (χ1v) is 9.35. The zero-order chi connectivity index (χ0) is 19.6. The van der Waals surface area contributed by atoms with E-state index in [2.05, 4.69) is 23.7 Å². The van der Waals surface area contributed by atoms with Crippen LogP contribution in [0.2, 0.25) is 0 Å². The van der Waals surface area contributed by atoms with E-state index in [9.17, 15) is 13.2 Å². The van der Waals surface area contributed by atoms with E-state index in [-0.39, 0.29) is 5.69 Å². The SMILES string of the molecule is CC.CC.CCC(C)C1CCN(Cc2cc(N)cc(C(F)(F)F)n2)C1. The third-order valence-electron chi connectivity index (χ3n) is 4.33. The molecule has 25 heavy (non-hydrogen) atoms. The Labute approximate surface area is 150 Å². The average molecular weight is 361 g/mol. The molecule has 1 aliphatic rings. The Morgan fingerprint density at radius 2 is 1.84 bits per heavy atom. The van der Waals surface area contributed by atoms with Crippen LogP contribution in [0.15, 0.2) is 12.1 Å². The van der Waals surface area contributed by atoms with Crippen molar-refractivity contribution in [3.63, 3.8) is 0 Å². The van der Waals surface area contributed by atoms with E-state index >= 15 is 0 Å². The molecule has 6 heteroatoms.